The van der Waals surface area contributed by atoms with Crippen LogP contribution in [0.2, 0.25) is 0 Å². The minimum absolute atomic E-state index is 0.343. The molecule has 1 heterocycles. The van der Waals surface area contributed by atoms with Crippen molar-refractivity contribution in [2.45, 2.75) is 6.92 Å². The maximum atomic E-state index is 11.2. The van der Waals surface area contributed by atoms with Crippen LogP contribution in [0.4, 0.5) is 5.00 Å². The van der Waals surface area contributed by atoms with Crippen molar-refractivity contribution in [2.75, 3.05) is 7.11 Å². The second-order valence-corrected chi connectivity index (χ2v) is 3.15. The van der Waals surface area contributed by atoms with Crippen LogP contribution >= 0.6 is 11.3 Å². The van der Waals surface area contributed by atoms with Crippen LogP contribution in [-0.4, -0.2) is 19.2 Å². The van der Waals surface area contributed by atoms with Crippen molar-refractivity contribution in [2.24, 2.45) is 4.99 Å². The first-order valence-corrected chi connectivity index (χ1v) is 4.33. The molecule has 1 rings (SSSR count). The van der Waals surface area contributed by atoms with E-state index >= 15 is 0 Å². The lowest BCUT2D eigenvalue weighted by Gasteiger charge is -1.97. The number of nitrogens with zero attached hydrogens (tertiary/aromatic N) is 1. The summed E-state index contributed by atoms with van der Waals surface area (Å²) in [5, 5.41) is 2.09. The summed E-state index contributed by atoms with van der Waals surface area (Å²) in [6.45, 7) is 1.76. The highest BCUT2D eigenvalue weighted by molar-refractivity contribution is 7.14. The normalized spacial score (nSPS) is 9.08. The van der Waals surface area contributed by atoms with Gasteiger partial charge in [-0.05, 0) is 17.9 Å². The molecule has 0 atom stereocenters. The lowest BCUT2D eigenvalue weighted by Crippen LogP contribution is -2.01. The molecule has 0 aromatic carbocycles. The number of carbonyl (C=O) groups excluding carboxylic acids is 2. The Morgan fingerprint density at radius 2 is 2.38 bits per heavy atom. The van der Waals surface area contributed by atoms with Gasteiger partial charge in [0.2, 0.25) is 6.08 Å². The number of hydrogen-bond acceptors (Lipinski definition) is 5. The maximum Gasteiger partial charge on any atom is 0.341 e. The van der Waals surface area contributed by atoms with Gasteiger partial charge in [0.15, 0.2) is 0 Å². The number of thiophene rings is 1. The van der Waals surface area contributed by atoms with Crippen molar-refractivity contribution in [3.8, 4) is 0 Å². The van der Waals surface area contributed by atoms with Gasteiger partial charge in [0, 0.05) is 0 Å². The van der Waals surface area contributed by atoms with Gasteiger partial charge in [0.05, 0.1) is 7.11 Å². The van der Waals surface area contributed by atoms with Crippen LogP contribution in [0, 0.1) is 6.92 Å². The molecule has 0 aliphatic heterocycles. The number of methoxy groups -OCH3 is 1. The van der Waals surface area contributed by atoms with E-state index in [0.717, 1.165) is 5.56 Å². The highest BCUT2D eigenvalue weighted by atomic mass is 32.1. The Hall–Kier alpha value is -1.45. The first-order valence-electron chi connectivity index (χ1n) is 3.45. The fraction of sp³-hybridized carbons (Fsp3) is 0.250. The molecule has 0 saturated carbocycles. The molecule has 13 heavy (non-hydrogen) atoms. The van der Waals surface area contributed by atoms with Crippen molar-refractivity contribution < 1.29 is 14.3 Å². The Morgan fingerprint density at radius 3 is 2.92 bits per heavy atom. The third-order valence-electron chi connectivity index (χ3n) is 1.49. The van der Waals surface area contributed by atoms with Crippen molar-refractivity contribution >= 4 is 28.4 Å². The number of hydrogen-bond donors (Lipinski definition) is 0. The number of ether oxygens (including phenoxy) is 1. The zero-order valence-corrected chi connectivity index (χ0v) is 7.97. The van der Waals surface area contributed by atoms with Gasteiger partial charge in [-0.1, -0.05) is 0 Å². The molecule has 68 valence electrons. The average molecular weight is 197 g/mol. The second-order valence-electron chi connectivity index (χ2n) is 2.29. The third-order valence-corrected chi connectivity index (χ3v) is 2.48. The highest BCUT2D eigenvalue weighted by Gasteiger charge is 2.16. The van der Waals surface area contributed by atoms with Gasteiger partial charge >= 0.3 is 5.97 Å². The number of esters is 1. The van der Waals surface area contributed by atoms with Gasteiger partial charge in [-0.2, -0.15) is 4.99 Å². The van der Waals surface area contributed by atoms with Gasteiger partial charge in [0.1, 0.15) is 10.6 Å². The van der Waals surface area contributed by atoms with Gasteiger partial charge in [0.25, 0.3) is 0 Å². The summed E-state index contributed by atoms with van der Waals surface area (Å²) in [5.74, 6) is -0.479. The molecule has 0 saturated heterocycles. The van der Waals surface area contributed by atoms with Gasteiger partial charge in [-0.3, -0.25) is 0 Å². The van der Waals surface area contributed by atoms with Crippen LogP contribution in [-0.2, 0) is 9.53 Å². The van der Waals surface area contributed by atoms with Crippen molar-refractivity contribution in [3.05, 3.63) is 16.5 Å². The lowest BCUT2D eigenvalue weighted by atomic mass is 10.2. The average Bonchev–Trinajstić information content (AvgIpc) is 2.47. The van der Waals surface area contributed by atoms with E-state index in [4.69, 9.17) is 0 Å². The monoisotopic (exact) mass is 197 g/mol. The summed E-state index contributed by atoms with van der Waals surface area (Å²) < 4.78 is 4.54. The Bertz CT molecular complexity index is 377. The molecule has 0 amide bonds. The van der Waals surface area contributed by atoms with Crippen molar-refractivity contribution in [1.82, 2.24) is 0 Å². The predicted octanol–water partition coefficient (Wildman–Crippen LogP) is 1.81. The molecule has 1 aromatic rings. The Morgan fingerprint density at radius 1 is 1.69 bits per heavy atom. The van der Waals surface area contributed by atoms with E-state index in [1.54, 1.807) is 12.3 Å². The summed E-state index contributed by atoms with van der Waals surface area (Å²) in [6, 6.07) is 0. The van der Waals surface area contributed by atoms with Gasteiger partial charge in [-0.25, -0.2) is 9.59 Å². The van der Waals surface area contributed by atoms with Crippen LogP contribution in [0.1, 0.15) is 15.9 Å². The molecule has 1 aromatic heterocycles. The first-order chi connectivity index (χ1) is 6.20. The molecule has 0 fully saturated rings. The largest absolute Gasteiger partial charge is 0.465 e. The lowest BCUT2D eigenvalue weighted by molar-refractivity contribution is 0.0601. The standard InChI is InChI=1S/C8H7NO3S/c1-5-3-13-7(9-4-10)6(5)8(11)12-2/h3H,1-2H3. The topological polar surface area (TPSA) is 55.7 Å². The number of carbonyl (C=O) groups is 1. The highest BCUT2D eigenvalue weighted by Crippen LogP contribution is 2.30. The van der Waals surface area contributed by atoms with Crippen LogP contribution in [0.3, 0.4) is 0 Å². The van der Waals surface area contributed by atoms with E-state index in [0.29, 0.717) is 10.6 Å². The van der Waals surface area contributed by atoms with E-state index in [1.807, 2.05) is 0 Å². The fourth-order valence-corrected chi connectivity index (χ4v) is 1.76. The molecule has 4 nitrogen and oxygen atoms in total. The molecular weight excluding hydrogens is 190 g/mol. The van der Waals surface area contributed by atoms with E-state index in [1.165, 1.54) is 24.5 Å². The van der Waals surface area contributed by atoms with Crippen LogP contribution in [0.15, 0.2) is 10.4 Å². The van der Waals surface area contributed by atoms with Gasteiger partial charge < -0.3 is 4.74 Å². The van der Waals surface area contributed by atoms with Crippen LogP contribution in [0.25, 0.3) is 0 Å². The molecule has 5 heteroatoms. The maximum absolute atomic E-state index is 11.2. The zero-order valence-electron chi connectivity index (χ0n) is 7.16. The predicted molar refractivity (Wildman–Crippen MR) is 48.2 cm³/mol. The molecule has 0 aliphatic carbocycles. The van der Waals surface area contributed by atoms with Crippen LogP contribution in [0.5, 0.6) is 0 Å². The van der Waals surface area contributed by atoms with E-state index < -0.39 is 5.97 Å². The van der Waals surface area contributed by atoms with E-state index in [-0.39, 0.29) is 0 Å². The van der Waals surface area contributed by atoms with E-state index in [9.17, 15) is 9.59 Å². The Labute approximate surface area is 78.9 Å². The third kappa shape index (κ3) is 1.83. The molecular formula is C8H7NO3S. The minimum atomic E-state index is -0.479. The Kier molecular flexibility index (Phi) is 2.95. The number of aryl methyl sites for hydroxylation is 1. The second kappa shape index (κ2) is 3.98. The molecule has 0 unspecified atom stereocenters. The summed E-state index contributed by atoms with van der Waals surface area (Å²) in [4.78, 5) is 24.6. The summed E-state index contributed by atoms with van der Waals surface area (Å²) in [7, 11) is 1.29. The SMILES string of the molecule is COC(=O)c1c(C)csc1N=C=O. The number of isocyanates is 1. The van der Waals surface area contributed by atoms with Crippen molar-refractivity contribution in [1.29, 1.82) is 0 Å². The quantitative estimate of drug-likeness (QED) is 0.412. The van der Waals surface area contributed by atoms with Crippen molar-refractivity contribution in [3.63, 3.8) is 0 Å². The van der Waals surface area contributed by atoms with Gasteiger partial charge in [-0.15, -0.1) is 11.3 Å². The minimum Gasteiger partial charge on any atom is -0.465 e. The fourth-order valence-electron chi connectivity index (χ4n) is 0.905. The molecule has 0 spiro atoms. The van der Waals surface area contributed by atoms with Crippen LogP contribution < -0.4 is 0 Å². The molecule has 0 aliphatic rings. The first kappa shape index (κ1) is 9.64. The number of rotatable bonds is 2. The Balaban J connectivity index is 3.23. The van der Waals surface area contributed by atoms with E-state index in [2.05, 4.69) is 9.73 Å². The number of aliphatic imine (C=N–C) groups is 1. The summed E-state index contributed by atoms with van der Waals surface area (Å²) in [6.07, 6.45) is 1.39. The summed E-state index contributed by atoms with van der Waals surface area (Å²) >= 11 is 1.21. The molecule has 0 N–H and O–H groups in total. The zero-order chi connectivity index (χ0) is 9.84. The summed E-state index contributed by atoms with van der Waals surface area (Å²) in [5.41, 5.74) is 1.10. The molecule has 0 bridgehead atoms. The smallest absolute Gasteiger partial charge is 0.341 e. The molecule has 0 radical (unpaired) electrons.